The average Bonchev–Trinajstić information content (AvgIpc) is 2.46. The highest BCUT2D eigenvalue weighted by Gasteiger charge is 2.18. The Labute approximate surface area is 118 Å². The first-order valence-electron chi connectivity index (χ1n) is 6.68. The molecule has 0 saturated heterocycles. The van der Waals surface area contributed by atoms with Crippen LogP contribution in [0.1, 0.15) is 25.0 Å². The van der Waals surface area contributed by atoms with Gasteiger partial charge < -0.3 is 4.90 Å². The number of aromatic nitrogens is 2. The predicted octanol–water partition coefficient (Wildman–Crippen LogP) is 3.38. The lowest BCUT2D eigenvalue weighted by Gasteiger charge is -2.22. The summed E-state index contributed by atoms with van der Waals surface area (Å²) in [5, 5.41) is 1.11. The van der Waals surface area contributed by atoms with Gasteiger partial charge in [-0.05, 0) is 25.5 Å². The molecule has 0 radical (unpaired) electrons. The van der Waals surface area contributed by atoms with Gasteiger partial charge in [0, 0.05) is 36.2 Å². The normalized spacial score (nSPS) is 12.7. The van der Waals surface area contributed by atoms with Gasteiger partial charge in [0.1, 0.15) is 5.03 Å². The summed E-state index contributed by atoms with van der Waals surface area (Å²) in [5.74, 6) is 0.843. The minimum Gasteiger partial charge on any atom is -0.341 e. The first-order chi connectivity index (χ1) is 9.31. The zero-order valence-corrected chi connectivity index (χ0v) is 12.1. The number of rotatable bonds is 3. The molecule has 3 rings (SSSR count). The van der Waals surface area contributed by atoms with Crippen LogP contribution < -0.4 is 4.90 Å². The number of anilines is 1. The molecule has 0 atom stereocenters. The van der Waals surface area contributed by atoms with Crippen LogP contribution in [0.4, 0.5) is 5.95 Å². The van der Waals surface area contributed by atoms with Crippen molar-refractivity contribution in [3.63, 3.8) is 0 Å². The summed E-state index contributed by atoms with van der Waals surface area (Å²) >= 11 is 1.76. The standard InChI is InChI=1S/C15H17N3S/c1-3-18(4-2)15-16-10-12-9-11-7-5-6-8-13(11)19-14(12)17-15/h5-8,10H,3-4,9H2,1-2H3. The van der Waals surface area contributed by atoms with E-state index in [1.54, 1.807) is 11.8 Å². The van der Waals surface area contributed by atoms with Gasteiger partial charge >= 0.3 is 0 Å². The second kappa shape index (κ2) is 5.21. The molecule has 0 spiro atoms. The van der Waals surface area contributed by atoms with E-state index < -0.39 is 0 Å². The molecule has 0 unspecified atom stereocenters. The predicted molar refractivity (Wildman–Crippen MR) is 79.0 cm³/mol. The summed E-state index contributed by atoms with van der Waals surface area (Å²) in [5.41, 5.74) is 2.61. The minimum atomic E-state index is 0.843. The van der Waals surface area contributed by atoms with Crippen molar-refractivity contribution >= 4 is 17.7 Å². The molecule has 0 saturated carbocycles. The van der Waals surface area contributed by atoms with E-state index in [0.29, 0.717) is 0 Å². The summed E-state index contributed by atoms with van der Waals surface area (Å²) in [6, 6.07) is 8.53. The maximum absolute atomic E-state index is 4.73. The second-order valence-electron chi connectivity index (χ2n) is 4.56. The van der Waals surface area contributed by atoms with Gasteiger partial charge in [-0.3, -0.25) is 0 Å². The van der Waals surface area contributed by atoms with Gasteiger partial charge in [0.25, 0.3) is 0 Å². The van der Waals surface area contributed by atoms with Crippen molar-refractivity contribution in [1.82, 2.24) is 9.97 Å². The third-order valence-electron chi connectivity index (χ3n) is 3.42. The highest BCUT2D eigenvalue weighted by molar-refractivity contribution is 7.99. The Morgan fingerprint density at radius 1 is 1.16 bits per heavy atom. The second-order valence-corrected chi connectivity index (χ2v) is 5.59. The van der Waals surface area contributed by atoms with Crippen molar-refractivity contribution < 1.29 is 0 Å². The molecule has 0 aliphatic carbocycles. The van der Waals surface area contributed by atoms with E-state index in [-0.39, 0.29) is 0 Å². The van der Waals surface area contributed by atoms with Crippen LogP contribution >= 0.6 is 11.8 Å². The van der Waals surface area contributed by atoms with Crippen molar-refractivity contribution in [3.05, 3.63) is 41.6 Å². The minimum absolute atomic E-state index is 0.843. The summed E-state index contributed by atoms with van der Waals surface area (Å²) in [6.45, 7) is 6.15. The number of fused-ring (bicyclic) bond motifs is 2. The Hall–Kier alpha value is -1.55. The van der Waals surface area contributed by atoms with Crippen LogP contribution in [-0.4, -0.2) is 23.1 Å². The molecule has 2 heterocycles. The molecule has 19 heavy (non-hydrogen) atoms. The van der Waals surface area contributed by atoms with Gasteiger partial charge in [-0.1, -0.05) is 30.0 Å². The SMILES string of the molecule is CCN(CC)c1ncc2c(n1)Sc1ccccc1C2. The van der Waals surface area contributed by atoms with Crippen LogP contribution in [0.3, 0.4) is 0 Å². The highest BCUT2D eigenvalue weighted by atomic mass is 32.2. The zero-order chi connectivity index (χ0) is 13.2. The number of benzene rings is 1. The molecule has 1 aromatic heterocycles. The molecule has 0 bridgehead atoms. The first-order valence-corrected chi connectivity index (χ1v) is 7.50. The summed E-state index contributed by atoms with van der Waals surface area (Å²) < 4.78 is 0. The summed E-state index contributed by atoms with van der Waals surface area (Å²) in [4.78, 5) is 12.7. The molecule has 0 amide bonds. The van der Waals surface area contributed by atoms with Crippen LogP contribution in [-0.2, 0) is 6.42 Å². The van der Waals surface area contributed by atoms with E-state index in [4.69, 9.17) is 4.98 Å². The van der Waals surface area contributed by atoms with E-state index in [1.165, 1.54) is 16.0 Å². The number of hydrogen-bond donors (Lipinski definition) is 0. The van der Waals surface area contributed by atoms with E-state index in [0.717, 1.165) is 30.5 Å². The van der Waals surface area contributed by atoms with Crippen LogP contribution in [0.2, 0.25) is 0 Å². The Morgan fingerprint density at radius 3 is 2.74 bits per heavy atom. The number of hydrogen-bond acceptors (Lipinski definition) is 4. The molecule has 1 aromatic carbocycles. The molecule has 4 heteroatoms. The van der Waals surface area contributed by atoms with E-state index in [9.17, 15) is 0 Å². The van der Waals surface area contributed by atoms with Crippen LogP contribution in [0, 0.1) is 0 Å². The van der Waals surface area contributed by atoms with Crippen molar-refractivity contribution in [2.45, 2.75) is 30.2 Å². The molecule has 0 fully saturated rings. The van der Waals surface area contributed by atoms with Crippen molar-refractivity contribution in [2.24, 2.45) is 0 Å². The molecule has 98 valence electrons. The van der Waals surface area contributed by atoms with E-state index >= 15 is 0 Å². The van der Waals surface area contributed by atoms with E-state index in [2.05, 4.69) is 48.0 Å². The molecular weight excluding hydrogens is 254 g/mol. The summed E-state index contributed by atoms with van der Waals surface area (Å²) in [7, 11) is 0. The van der Waals surface area contributed by atoms with Crippen molar-refractivity contribution in [2.75, 3.05) is 18.0 Å². The van der Waals surface area contributed by atoms with Crippen LogP contribution in [0.15, 0.2) is 40.4 Å². The Bertz CT molecular complexity index is 594. The topological polar surface area (TPSA) is 29.0 Å². The maximum Gasteiger partial charge on any atom is 0.226 e. The van der Waals surface area contributed by atoms with Crippen molar-refractivity contribution in [1.29, 1.82) is 0 Å². The smallest absolute Gasteiger partial charge is 0.226 e. The lowest BCUT2D eigenvalue weighted by molar-refractivity contribution is 0.796. The molecule has 0 N–H and O–H groups in total. The number of nitrogens with zero attached hydrogens (tertiary/aromatic N) is 3. The van der Waals surface area contributed by atoms with Gasteiger partial charge in [-0.25, -0.2) is 9.97 Å². The fraction of sp³-hybridized carbons (Fsp3) is 0.333. The quantitative estimate of drug-likeness (QED) is 0.683. The largest absolute Gasteiger partial charge is 0.341 e. The van der Waals surface area contributed by atoms with Crippen molar-refractivity contribution in [3.8, 4) is 0 Å². The zero-order valence-electron chi connectivity index (χ0n) is 11.3. The molecular formula is C15H17N3S. The van der Waals surface area contributed by atoms with E-state index in [1.807, 2.05) is 6.20 Å². The van der Waals surface area contributed by atoms with Gasteiger partial charge in [0.2, 0.25) is 5.95 Å². The summed E-state index contributed by atoms with van der Waals surface area (Å²) in [6.07, 6.45) is 2.93. The Balaban J connectivity index is 1.96. The third kappa shape index (κ3) is 2.32. The average molecular weight is 271 g/mol. The first kappa shape index (κ1) is 12.5. The van der Waals surface area contributed by atoms with Gasteiger partial charge in [-0.15, -0.1) is 0 Å². The molecule has 3 nitrogen and oxygen atoms in total. The fourth-order valence-electron chi connectivity index (χ4n) is 2.31. The monoisotopic (exact) mass is 271 g/mol. The lowest BCUT2D eigenvalue weighted by atomic mass is 10.1. The molecule has 1 aliphatic rings. The van der Waals surface area contributed by atoms with Crippen LogP contribution in [0.25, 0.3) is 0 Å². The third-order valence-corrected chi connectivity index (χ3v) is 4.58. The van der Waals surface area contributed by atoms with Gasteiger partial charge in [-0.2, -0.15) is 0 Å². The highest BCUT2D eigenvalue weighted by Crippen LogP contribution is 2.38. The Morgan fingerprint density at radius 2 is 1.95 bits per heavy atom. The van der Waals surface area contributed by atoms with Gasteiger partial charge in [0.15, 0.2) is 0 Å². The molecule has 1 aliphatic heterocycles. The van der Waals surface area contributed by atoms with Crippen LogP contribution in [0.5, 0.6) is 0 Å². The van der Waals surface area contributed by atoms with Gasteiger partial charge in [0.05, 0.1) is 0 Å². The Kier molecular flexibility index (Phi) is 3.42. The lowest BCUT2D eigenvalue weighted by Crippen LogP contribution is -2.24. The molecule has 2 aromatic rings. The maximum atomic E-state index is 4.73. The fourth-order valence-corrected chi connectivity index (χ4v) is 3.32.